The standard InChI is InChI=1S/C11H18N6O/c1-17(2)7-4-5-8(9(6-7)18-3)15-11(14)16-10(12)13/h4-6H,1-3H3,(H6,12,13,14,15,16). The fourth-order valence-electron chi connectivity index (χ4n) is 1.32. The summed E-state index contributed by atoms with van der Waals surface area (Å²) in [5.41, 5.74) is 17.5. The van der Waals surface area contributed by atoms with Crippen LogP contribution in [0.25, 0.3) is 0 Å². The zero-order chi connectivity index (χ0) is 13.7. The smallest absolute Gasteiger partial charge is 0.223 e. The summed E-state index contributed by atoms with van der Waals surface area (Å²) in [4.78, 5) is 9.67. The molecule has 1 rings (SSSR count). The second-order valence-electron chi connectivity index (χ2n) is 3.76. The first-order chi connectivity index (χ1) is 8.43. The van der Waals surface area contributed by atoms with E-state index in [4.69, 9.17) is 21.9 Å². The van der Waals surface area contributed by atoms with Gasteiger partial charge in [-0.15, -0.1) is 0 Å². The third-order valence-electron chi connectivity index (χ3n) is 2.16. The lowest BCUT2D eigenvalue weighted by Crippen LogP contribution is -2.26. The number of ether oxygens (including phenoxy) is 1. The first-order valence-electron chi connectivity index (χ1n) is 5.23. The average Bonchev–Trinajstić information content (AvgIpc) is 2.27. The number of benzene rings is 1. The molecule has 0 aliphatic carbocycles. The SMILES string of the molecule is COc1cc(N(C)C)ccc1N=C(N)N=C(N)N. The van der Waals surface area contributed by atoms with E-state index in [1.54, 1.807) is 13.2 Å². The zero-order valence-electron chi connectivity index (χ0n) is 10.7. The van der Waals surface area contributed by atoms with E-state index in [2.05, 4.69) is 9.98 Å². The second kappa shape index (κ2) is 5.76. The Morgan fingerprint density at radius 1 is 1.22 bits per heavy atom. The molecule has 0 atom stereocenters. The fourth-order valence-corrected chi connectivity index (χ4v) is 1.32. The summed E-state index contributed by atoms with van der Waals surface area (Å²) in [5, 5.41) is 0. The highest BCUT2D eigenvalue weighted by Gasteiger charge is 2.05. The van der Waals surface area contributed by atoms with Crippen LogP contribution in [-0.2, 0) is 0 Å². The van der Waals surface area contributed by atoms with Crippen molar-refractivity contribution in [2.75, 3.05) is 26.1 Å². The van der Waals surface area contributed by atoms with Crippen LogP contribution >= 0.6 is 0 Å². The minimum absolute atomic E-state index is 0.0223. The molecule has 7 heteroatoms. The van der Waals surface area contributed by atoms with Crippen LogP contribution < -0.4 is 26.8 Å². The highest BCUT2D eigenvalue weighted by molar-refractivity contribution is 5.94. The number of anilines is 1. The molecule has 0 fully saturated rings. The van der Waals surface area contributed by atoms with Crippen LogP contribution in [0, 0.1) is 0 Å². The molecule has 0 heterocycles. The number of rotatable bonds is 3. The van der Waals surface area contributed by atoms with Crippen molar-refractivity contribution in [1.82, 2.24) is 0 Å². The Kier molecular flexibility index (Phi) is 4.36. The van der Waals surface area contributed by atoms with Crippen molar-refractivity contribution in [3.8, 4) is 5.75 Å². The van der Waals surface area contributed by atoms with Gasteiger partial charge < -0.3 is 26.8 Å². The van der Waals surface area contributed by atoms with Crippen molar-refractivity contribution in [3.05, 3.63) is 18.2 Å². The molecule has 7 nitrogen and oxygen atoms in total. The number of hydrogen-bond acceptors (Lipinski definition) is 3. The maximum absolute atomic E-state index is 5.56. The minimum Gasteiger partial charge on any atom is -0.494 e. The first kappa shape index (κ1) is 13.6. The first-order valence-corrected chi connectivity index (χ1v) is 5.23. The van der Waals surface area contributed by atoms with Gasteiger partial charge in [0.05, 0.1) is 7.11 Å². The maximum Gasteiger partial charge on any atom is 0.223 e. The van der Waals surface area contributed by atoms with Gasteiger partial charge in [0.15, 0.2) is 5.96 Å². The van der Waals surface area contributed by atoms with Crippen molar-refractivity contribution in [3.63, 3.8) is 0 Å². The number of guanidine groups is 2. The van der Waals surface area contributed by atoms with E-state index in [1.807, 2.05) is 31.1 Å². The van der Waals surface area contributed by atoms with Crippen LogP contribution in [0.2, 0.25) is 0 Å². The summed E-state index contributed by atoms with van der Waals surface area (Å²) < 4.78 is 5.24. The maximum atomic E-state index is 5.56. The Hall–Kier alpha value is -2.44. The van der Waals surface area contributed by atoms with Crippen LogP contribution in [0.4, 0.5) is 11.4 Å². The van der Waals surface area contributed by atoms with Gasteiger partial charge >= 0.3 is 0 Å². The monoisotopic (exact) mass is 250 g/mol. The molecule has 18 heavy (non-hydrogen) atoms. The summed E-state index contributed by atoms with van der Waals surface area (Å²) in [6, 6.07) is 5.52. The topological polar surface area (TPSA) is 115 Å². The molecule has 0 unspecified atom stereocenters. The van der Waals surface area contributed by atoms with Crippen molar-refractivity contribution in [1.29, 1.82) is 0 Å². The van der Waals surface area contributed by atoms with E-state index in [9.17, 15) is 0 Å². The second-order valence-corrected chi connectivity index (χ2v) is 3.76. The lowest BCUT2D eigenvalue weighted by molar-refractivity contribution is 0.416. The number of methoxy groups -OCH3 is 1. The van der Waals surface area contributed by atoms with Gasteiger partial charge in [-0.25, -0.2) is 4.99 Å². The Balaban J connectivity index is 3.14. The van der Waals surface area contributed by atoms with E-state index in [0.29, 0.717) is 11.4 Å². The van der Waals surface area contributed by atoms with Gasteiger partial charge in [0.1, 0.15) is 11.4 Å². The number of hydrogen-bond donors (Lipinski definition) is 3. The molecule has 0 aliphatic rings. The van der Waals surface area contributed by atoms with Gasteiger partial charge in [0, 0.05) is 25.8 Å². The molecule has 0 bridgehead atoms. The van der Waals surface area contributed by atoms with E-state index >= 15 is 0 Å². The molecule has 1 aromatic rings. The molecule has 0 spiro atoms. The van der Waals surface area contributed by atoms with Gasteiger partial charge in [0.2, 0.25) is 5.96 Å². The molecular formula is C11H18N6O. The van der Waals surface area contributed by atoms with Gasteiger partial charge in [-0.3, -0.25) is 0 Å². The minimum atomic E-state index is -0.139. The Morgan fingerprint density at radius 2 is 1.89 bits per heavy atom. The summed E-state index contributed by atoms with van der Waals surface area (Å²) in [6.07, 6.45) is 0. The molecule has 0 saturated heterocycles. The highest BCUT2D eigenvalue weighted by Crippen LogP contribution is 2.31. The van der Waals surface area contributed by atoms with E-state index in [-0.39, 0.29) is 11.9 Å². The zero-order valence-corrected chi connectivity index (χ0v) is 10.7. The molecule has 98 valence electrons. The molecule has 6 N–H and O–H groups in total. The Bertz CT molecular complexity index is 476. The van der Waals surface area contributed by atoms with E-state index in [0.717, 1.165) is 5.69 Å². The summed E-state index contributed by atoms with van der Waals surface area (Å²) in [6.45, 7) is 0. The molecule has 0 amide bonds. The fraction of sp³-hybridized carbons (Fsp3) is 0.273. The largest absolute Gasteiger partial charge is 0.494 e. The predicted octanol–water partition coefficient (Wildman–Crippen LogP) is -0.0192. The molecule has 0 radical (unpaired) electrons. The number of nitrogens with zero attached hydrogens (tertiary/aromatic N) is 3. The Labute approximate surface area is 106 Å². The van der Waals surface area contributed by atoms with E-state index in [1.165, 1.54) is 0 Å². The van der Waals surface area contributed by atoms with Gasteiger partial charge in [-0.1, -0.05) is 0 Å². The third-order valence-corrected chi connectivity index (χ3v) is 2.16. The van der Waals surface area contributed by atoms with Crippen molar-refractivity contribution in [2.45, 2.75) is 0 Å². The Morgan fingerprint density at radius 3 is 2.39 bits per heavy atom. The van der Waals surface area contributed by atoms with Gasteiger partial charge in [-0.2, -0.15) is 4.99 Å². The summed E-state index contributed by atoms with van der Waals surface area (Å²) >= 11 is 0. The quantitative estimate of drug-likeness (QED) is 0.515. The summed E-state index contributed by atoms with van der Waals surface area (Å²) in [5.74, 6) is 0.431. The van der Waals surface area contributed by atoms with Gasteiger partial charge in [0.25, 0.3) is 0 Å². The summed E-state index contributed by atoms with van der Waals surface area (Å²) in [7, 11) is 5.43. The van der Waals surface area contributed by atoms with Crippen molar-refractivity contribution >= 4 is 23.3 Å². The van der Waals surface area contributed by atoms with Crippen LogP contribution in [0.15, 0.2) is 28.2 Å². The number of aliphatic imine (C=N–C) groups is 2. The third kappa shape index (κ3) is 3.55. The molecule has 0 aliphatic heterocycles. The van der Waals surface area contributed by atoms with Gasteiger partial charge in [-0.05, 0) is 12.1 Å². The molecular weight excluding hydrogens is 232 g/mol. The molecule has 0 aromatic heterocycles. The lowest BCUT2D eigenvalue weighted by Gasteiger charge is -2.14. The normalized spacial score (nSPS) is 10.9. The average molecular weight is 250 g/mol. The lowest BCUT2D eigenvalue weighted by atomic mass is 10.2. The number of nitrogens with two attached hydrogens (primary N) is 3. The van der Waals surface area contributed by atoms with Crippen LogP contribution in [0.1, 0.15) is 0 Å². The van der Waals surface area contributed by atoms with E-state index < -0.39 is 0 Å². The van der Waals surface area contributed by atoms with Crippen LogP contribution in [0.5, 0.6) is 5.75 Å². The van der Waals surface area contributed by atoms with Crippen molar-refractivity contribution in [2.24, 2.45) is 27.2 Å². The molecule has 0 saturated carbocycles. The molecule has 1 aromatic carbocycles. The van der Waals surface area contributed by atoms with Crippen molar-refractivity contribution < 1.29 is 4.74 Å². The predicted molar refractivity (Wildman–Crippen MR) is 74.4 cm³/mol. The van der Waals surface area contributed by atoms with Crippen LogP contribution in [-0.4, -0.2) is 33.1 Å². The van der Waals surface area contributed by atoms with Crippen LogP contribution in [0.3, 0.4) is 0 Å². The highest BCUT2D eigenvalue weighted by atomic mass is 16.5.